The molecule has 4 nitrogen and oxygen atoms in total. The van der Waals surface area contributed by atoms with Gasteiger partial charge in [0.2, 0.25) is 0 Å². The summed E-state index contributed by atoms with van der Waals surface area (Å²) in [6.45, 7) is 2.98. The van der Waals surface area contributed by atoms with Crippen LogP contribution in [0.1, 0.15) is 34.9 Å². The Labute approximate surface area is 209 Å². The summed E-state index contributed by atoms with van der Waals surface area (Å²) in [5, 5.41) is 3.04. The van der Waals surface area contributed by atoms with Crippen LogP contribution in [0.25, 0.3) is 0 Å². The van der Waals surface area contributed by atoms with Gasteiger partial charge >= 0.3 is 12.2 Å². The summed E-state index contributed by atoms with van der Waals surface area (Å²) in [5.74, 6) is 0. The number of para-hydroxylation sites is 1. The second-order valence-electron chi connectivity index (χ2n) is 8.61. The van der Waals surface area contributed by atoms with Crippen LogP contribution in [0, 0.1) is 0 Å². The number of aromatic nitrogens is 1. The van der Waals surface area contributed by atoms with Crippen molar-refractivity contribution in [1.29, 1.82) is 0 Å². The summed E-state index contributed by atoms with van der Waals surface area (Å²) in [4.78, 5) is 15.1. The molecule has 0 radical (unpaired) electrons. The first-order valence-corrected chi connectivity index (χ1v) is 11.8. The number of nitrogens with zero attached hydrogens (tertiary/aromatic N) is 2. The molecule has 0 saturated carbocycles. The van der Waals surface area contributed by atoms with Crippen LogP contribution in [-0.2, 0) is 32.2 Å². The minimum Gasteiger partial charge on any atom is -0.345 e. The van der Waals surface area contributed by atoms with Crippen molar-refractivity contribution >= 4 is 11.7 Å². The van der Waals surface area contributed by atoms with E-state index in [0.29, 0.717) is 18.7 Å². The summed E-state index contributed by atoms with van der Waals surface area (Å²) in [7, 11) is 0. The average molecular weight is 492 g/mol. The molecule has 7 heteroatoms. The van der Waals surface area contributed by atoms with E-state index < -0.39 is 11.7 Å². The number of carbonyl (C=O) groups excluding carboxylic acids is 1. The standard InChI is InChI=1S/C29H28F3N3O/c1-2-24-13-6-7-16-27(24)33-28(36)35(19-22-10-4-3-5-11-22)21-26-15-9-17-34(26)20-23-12-8-14-25(18-23)29(30,31)32/h3-18H,2,19-21H2,1H3,(H,33,36). The lowest BCUT2D eigenvalue weighted by Crippen LogP contribution is -2.35. The molecule has 3 aromatic carbocycles. The lowest BCUT2D eigenvalue weighted by Gasteiger charge is -2.25. The molecule has 36 heavy (non-hydrogen) atoms. The summed E-state index contributed by atoms with van der Waals surface area (Å²) >= 11 is 0. The van der Waals surface area contributed by atoms with Gasteiger partial charge in [-0.15, -0.1) is 0 Å². The molecule has 0 bridgehead atoms. The first-order valence-electron chi connectivity index (χ1n) is 11.8. The number of amides is 2. The molecule has 0 unspecified atom stereocenters. The summed E-state index contributed by atoms with van der Waals surface area (Å²) in [6.07, 6.45) is -1.79. The molecule has 2 amide bonds. The number of aryl methyl sites for hydroxylation is 1. The number of rotatable bonds is 8. The highest BCUT2D eigenvalue weighted by Gasteiger charge is 2.30. The van der Waals surface area contributed by atoms with Crippen molar-refractivity contribution in [3.8, 4) is 0 Å². The van der Waals surface area contributed by atoms with Crippen molar-refractivity contribution in [2.24, 2.45) is 0 Å². The summed E-state index contributed by atoms with van der Waals surface area (Å²) in [6, 6.07) is 26.2. The predicted octanol–water partition coefficient (Wildman–Crippen LogP) is 7.35. The molecule has 1 aromatic heterocycles. The fraction of sp³-hybridized carbons (Fsp3) is 0.207. The Morgan fingerprint density at radius 3 is 2.33 bits per heavy atom. The maximum atomic E-state index is 13.4. The molecule has 1 heterocycles. The molecule has 4 aromatic rings. The molecular weight excluding hydrogens is 463 g/mol. The van der Waals surface area contributed by atoms with Gasteiger partial charge in [-0.2, -0.15) is 13.2 Å². The number of nitrogens with one attached hydrogen (secondary N) is 1. The molecular formula is C29H28F3N3O. The van der Waals surface area contributed by atoms with E-state index in [0.717, 1.165) is 35.0 Å². The van der Waals surface area contributed by atoms with Crippen molar-refractivity contribution in [3.05, 3.63) is 125 Å². The number of carbonyl (C=O) groups is 1. The van der Waals surface area contributed by atoms with E-state index in [-0.39, 0.29) is 12.6 Å². The molecule has 4 rings (SSSR count). The highest BCUT2D eigenvalue weighted by atomic mass is 19.4. The van der Waals surface area contributed by atoms with Crippen molar-refractivity contribution in [2.75, 3.05) is 5.32 Å². The van der Waals surface area contributed by atoms with Crippen LogP contribution in [0.3, 0.4) is 0 Å². The third kappa shape index (κ3) is 6.36. The van der Waals surface area contributed by atoms with Gasteiger partial charge in [0.05, 0.1) is 12.1 Å². The van der Waals surface area contributed by atoms with Crippen molar-refractivity contribution < 1.29 is 18.0 Å². The van der Waals surface area contributed by atoms with E-state index in [2.05, 4.69) is 5.32 Å². The predicted molar refractivity (Wildman–Crippen MR) is 136 cm³/mol. The zero-order valence-electron chi connectivity index (χ0n) is 20.0. The number of benzene rings is 3. The Kier molecular flexibility index (Phi) is 7.78. The zero-order chi connectivity index (χ0) is 25.5. The minimum absolute atomic E-state index is 0.244. The van der Waals surface area contributed by atoms with Crippen LogP contribution in [0.5, 0.6) is 0 Å². The Morgan fingerprint density at radius 2 is 1.58 bits per heavy atom. The number of halogens is 3. The van der Waals surface area contributed by atoms with E-state index in [1.54, 1.807) is 11.0 Å². The topological polar surface area (TPSA) is 37.3 Å². The van der Waals surface area contributed by atoms with Crippen molar-refractivity contribution in [1.82, 2.24) is 9.47 Å². The fourth-order valence-corrected chi connectivity index (χ4v) is 4.13. The highest BCUT2D eigenvalue weighted by Crippen LogP contribution is 2.30. The second-order valence-corrected chi connectivity index (χ2v) is 8.61. The number of anilines is 1. The van der Waals surface area contributed by atoms with Crippen LogP contribution in [0.2, 0.25) is 0 Å². The first kappa shape index (κ1) is 25.1. The van der Waals surface area contributed by atoms with Gasteiger partial charge < -0.3 is 14.8 Å². The van der Waals surface area contributed by atoms with E-state index in [9.17, 15) is 18.0 Å². The summed E-state index contributed by atoms with van der Waals surface area (Å²) < 4.78 is 41.4. The number of urea groups is 1. The number of hydrogen-bond donors (Lipinski definition) is 1. The van der Waals surface area contributed by atoms with Crippen molar-refractivity contribution in [3.63, 3.8) is 0 Å². The van der Waals surface area contributed by atoms with Crippen LogP contribution < -0.4 is 5.32 Å². The highest BCUT2D eigenvalue weighted by molar-refractivity contribution is 5.90. The van der Waals surface area contributed by atoms with Crippen molar-refractivity contribution in [2.45, 2.75) is 39.2 Å². The average Bonchev–Trinajstić information content (AvgIpc) is 3.30. The Morgan fingerprint density at radius 1 is 0.861 bits per heavy atom. The first-order chi connectivity index (χ1) is 17.3. The molecule has 0 saturated heterocycles. The smallest absolute Gasteiger partial charge is 0.345 e. The molecule has 0 spiro atoms. The zero-order valence-corrected chi connectivity index (χ0v) is 20.0. The molecule has 0 fully saturated rings. The molecule has 0 aliphatic heterocycles. The van der Waals surface area contributed by atoms with E-state index in [4.69, 9.17) is 0 Å². The monoisotopic (exact) mass is 491 g/mol. The van der Waals surface area contributed by atoms with Crippen LogP contribution >= 0.6 is 0 Å². The minimum atomic E-state index is -4.39. The SMILES string of the molecule is CCc1ccccc1NC(=O)N(Cc1ccccc1)Cc1cccn1Cc1cccc(C(F)(F)F)c1. The molecule has 0 aliphatic rings. The van der Waals surface area contributed by atoms with Gasteiger partial charge in [-0.25, -0.2) is 4.79 Å². The van der Waals surface area contributed by atoms with Crippen LogP contribution in [-0.4, -0.2) is 15.5 Å². The molecule has 1 N–H and O–H groups in total. The maximum absolute atomic E-state index is 13.4. The lowest BCUT2D eigenvalue weighted by molar-refractivity contribution is -0.137. The Bertz CT molecular complexity index is 1300. The number of hydrogen-bond acceptors (Lipinski definition) is 1. The van der Waals surface area contributed by atoms with Crippen LogP contribution in [0.15, 0.2) is 97.2 Å². The third-order valence-corrected chi connectivity index (χ3v) is 6.03. The van der Waals surface area contributed by atoms with Gasteiger partial charge in [0, 0.05) is 30.7 Å². The molecule has 0 atom stereocenters. The normalized spacial score (nSPS) is 11.3. The quantitative estimate of drug-likeness (QED) is 0.275. The Balaban J connectivity index is 1.57. The third-order valence-electron chi connectivity index (χ3n) is 6.03. The summed E-state index contributed by atoms with van der Waals surface area (Å²) in [5.41, 5.74) is 3.47. The van der Waals surface area contributed by atoms with Gasteiger partial charge in [-0.3, -0.25) is 0 Å². The van der Waals surface area contributed by atoms with Crippen LogP contribution in [0.4, 0.5) is 23.7 Å². The van der Waals surface area contributed by atoms with Gasteiger partial charge in [0.1, 0.15) is 0 Å². The van der Waals surface area contributed by atoms with Gasteiger partial charge in [-0.05, 0) is 53.4 Å². The second kappa shape index (κ2) is 11.2. The van der Waals surface area contributed by atoms with E-state index in [1.165, 1.54) is 12.1 Å². The Hall–Kier alpha value is -4.00. The molecule has 186 valence electrons. The number of alkyl halides is 3. The maximum Gasteiger partial charge on any atom is 0.416 e. The van der Waals surface area contributed by atoms with Gasteiger partial charge in [0.15, 0.2) is 0 Å². The largest absolute Gasteiger partial charge is 0.416 e. The van der Waals surface area contributed by atoms with Gasteiger partial charge in [-0.1, -0.05) is 67.6 Å². The fourth-order valence-electron chi connectivity index (χ4n) is 4.13. The lowest BCUT2D eigenvalue weighted by atomic mass is 10.1. The van der Waals surface area contributed by atoms with Gasteiger partial charge in [0.25, 0.3) is 0 Å². The van der Waals surface area contributed by atoms with E-state index in [1.807, 2.05) is 84.4 Å². The van der Waals surface area contributed by atoms with E-state index >= 15 is 0 Å². The molecule has 0 aliphatic carbocycles.